The van der Waals surface area contributed by atoms with Crippen molar-refractivity contribution >= 4 is 0 Å². The van der Waals surface area contributed by atoms with Crippen LogP contribution in [0.1, 0.15) is 0 Å². The maximum absolute atomic E-state index is 4.60. The van der Waals surface area contributed by atoms with Crippen LogP contribution in [0, 0.1) is 0 Å². The van der Waals surface area contributed by atoms with Crippen molar-refractivity contribution in [2.75, 3.05) is 6.73 Å². The zero-order chi connectivity index (χ0) is 3.54. The predicted octanol–water partition coefficient (Wildman–Crippen LogP) is 0.811. The Morgan fingerprint density at radius 3 is 2.00 bits per heavy atom. The van der Waals surface area contributed by atoms with E-state index in [2.05, 4.69) is 10.1 Å². The van der Waals surface area contributed by atoms with E-state index in [4.69, 9.17) is 0 Å². The van der Waals surface area contributed by atoms with E-state index in [1.54, 1.807) is 12.5 Å². The van der Waals surface area contributed by atoms with Crippen LogP contribution in [0.2, 0.25) is 0 Å². The molecule has 1 aliphatic heterocycles. The van der Waals surface area contributed by atoms with Crippen molar-refractivity contribution in [2.45, 2.75) is 0 Å². The molecule has 0 N–H and O–H groups in total. The maximum Gasteiger partial charge on any atom is 0.0585 e. The monoisotopic (exact) mass is 337 g/mol. The van der Waals surface area contributed by atoms with Crippen molar-refractivity contribution in [1.29, 1.82) is 0 Å². The summed E-state index contributed by atoms with van der Waals surface area (Å²) in [5, 5.41) is 3.68. The van der Waals surface area contributed by atoms with Crippen molar-refractivity contribution < 1.29 is 103 Å². The van der Waals surface area contributed by atoms with Gasteiger partial charge in [0, 0.05) is 105 Å². The molecule has 0 aromatic rings. The normalized spacial score (nSPS) is 11.0. The Balaban J connectivity index is -0.0000000833. The smallest absolute Gasteiger partial charge is 0.0585 e. The third kappa shape index (κ3) is 8.65. The van der Waals surface area contributed by atoms with E-state index < -0.39 is 0 Å². The molecule has 1 aliphatic rings. The van der Waals surface area contributed by atoms with Crippen molar-refractivity contribution in [3.8, 4) is 0 Å². The van der Waals surface area contributed by atoms with Gasteiger partial charge in [-0.1, -0.05) is 0 Å². The first-order chi connectivity index (χ1) is 2.50. The third-order valence-corrected chi connectivity index (χ3v) is 0.412. The summed E-state index contributed by atoms with van der Waals surface area (Å²) in [5.74, 6) is 0. The summed E-state index contributed by atoms with van der Waals surface area (Å²) in [6, 6.07) is 0. The zero-order valence-electron chi connectivity index (χ0n) is 4.45. The van der Waals surface area contributed by atoms with Gasteiger partial charge >= 0.3 is 0 Å². The molecule has 0 saturated carbocycles. The zero-order valence-corrected chi connectivity index (χ0v) is 13.0. The third-order valence-electron chi connectivity index (χ3n) is 0.412. The van der Waals surface area contributed by atoms with Crippen LogP contribution in [0.4, 0.5) is 0 Å². The standard InChI is InChI=1S/C3H4NO.3Y/c1-2-5-3-4-1;;;/h1-2H,3H2;;;/q-1;;;. The number of nitrogens with zero attached hydrogens (tertiary/aromatic N) is 1. The van der Waals surface area contributed by atoms with Crippen LogP contribution in [0.25, 0.3) is 5.32 Å². The van der Waals surface area contributed by atoms with Crippen LogP contribution in [0.3, 0.4) is 0 Å². The number of hydrogen-bond donors (Lipinski definition) is 0. The molecule has 0 aromatic carbocycles. The predicted molar refractivity (Wildman–Crippen MR) is 18.5 cm³/mol. The van der Waals surface area contributed by atoms with Crippen molar-refractivity contribution in [1.82, 2.24) is 0 Å². The van der Waals surface area contributed by atoms with Gasteiger partial charge in [0.05, 0.1) is 6.26 Å². The van der Waals surface area contributed by atoms with Crippen LogP contribution in [0.15, 0.2) is 12.5 Å². The second kappa shape index (κ2) is 12.3. The van der Waals surface area contributed by atoms with Crippen molar-refractivity contribution in [3.05, 3.63) is 17.8 Å². The fourth-order valence-corrected chi connectivity index (χ4v) is 0.215. The first-order valence-electron chi connectivity index (χ1n) is 1.43. The fraction of sp³-hybridized carbons (Fsp3) is 0.333. The van der Waals surface area contributed by atoms with Gasteiger partial charge in [0.15, 0.2) is 0 Å². The average Bonchev–Trinajstić information content (AvgIpc) is 1.76. The molecule has 1 rings (SSSR count). The van der Waals surface area contributed by atoms with Crippen LogP contribution >= 0.6 is 0 Å². The van der Waals surface area contributed by atoms with Gasteiger partial charge < -0.3 is 10.1 Å². The molecular weight excluding hydrogens is 333 g/mol. The van der Waals surface area contributed by atoms with E-state index in [1.807, 2.05) is 0 Å². The van der Waals surface area contributed by atoms with Gasteiger partial charge in [-0.3, -0.25) is 0 Å². The van der Waals surface area contributed by atoms with Crippen molar-refractivity contribution in [3.63, 3.8) is 0 Å². The molecule has 5 heteroatoms. The van der Waals surface area contributed by atoms with Gasteiger partial charge in [0.25, 0.3) is 0 Å². The Labute approximate surface area is 125 Å². The molecule has 0 aliphatic carbocycles. The first-order valence-corrected chi connectivity index (χ1v) is 1.43. The van der Waals surface area contributed by atoms with Crippen molar-refractivity contribution in [2.24, 2.45) is 0 Å². The molecule has 0 aromatic heterocycles. The molecule has 0 bridgehead atoms. The summed E-state index contributed by atoms with van der Waals surface area (Å²) in [5.41, 5.74) is 0. The molecule has 3 radical (unpaired) electrons. The Morgan fingerprint density at radius 2 is 1.88 bits per heavy atom. The molecule has 0 amide bonds. The van der Waals surface area contributed by atoms with Gasteiger partial charge in [-0.2, -0.15) is 0 Å². The van der Waals surface area contributed by atoms with Gasteiger partial charge in [-0.05, 0) is 0 Å². The largest absolute Gasteiger partial charge is 0.656 e. The minimum atomic E-state index is 0. The van der Waals surface area contributed by atoms with Gasteiger partial charge in [-0.25, -0.2) is 0 Å². The van der Waals surface area contributed by atoms with E-state index >= 15 is 0 Å². The summed E-state index contributed by atoms with van der Waals surface area (Å²) in [7, 11) is 0. The molecular formula is C3H4NOY3-. The maximum atomic E-state index is 4.60. The quantitative estimate of drug-likeness (QED) is 0.642. The average molecular weight is 337 g/mol. The van der Waals surface area contributed by atoms with Crippen LogP contribution in [0.5, 0.6) is 0 Å². The topological polar surface area (TPSA) is 23.3 Å². The van der Waals surface area contributed by atoms with Crippen LogP contribution in [-0.4, -0.2) is 6.73 Å². The minimum Gasteiger partial charge on any atom is -0.656 e. The molecule has 0 spiro atoms. The van der Waals surface area contributed by atoms with Crippen LogP contribution < -0.4 is 0 Å². The number of hydrogen-bond acceptors (Lipinski definition) is 1. The van der Waals surface area contributed by atoms with E-state index in [-0.39, 0.29) is 98.1 Å². The SMILES string of the molecule is C1=COC[N-]1.[Y].[Y].[Y]. The first kappa shape index (κ1) is 16.9. The van der Waals surface area contributed by atoms with Crippen LogP contribution in [-0.2, 0) is 103 Å². The minimum absolute atomic E-state index is 0. The summed E-state index contributed by atoms with van der Waals surface area (Å²) in [6.07, 6.45) is 3.21. The fourth-order valence-electron chi connectivity index (χ4n) is 0.215. The number of ether oxygens (including phenoxy) is 1. The number of rotatable bonds is 0. The van der Waals surface area contributed by atoms with E-state index in [0.29, 0.717) is 6.73 Å². The summed E-state index contributed by atoms with van der Waals surface area (Å²) < 4.78 is 4.60. The summed E-state index contributed by atoms with van der Waals surface area (Å²) in [4.78, 5) is 0. The van der Waals surface area contributed by atoms with Gasteiger partial charge in [-0.15, -0.1) is 6.20 Å². The van der Waals surface area contributed by atoms with E-state index in [1.165, 1.54) is 0 Å². The molecule has 2 nitrogen and oxygen atoms in total. The Hall–Kier alpha value is 2.65. The Morgan fingerprint density at radius 1 is 1.25 bits per heavy atom. The molecule has 37 valence electrons. The summed E-state index contributed by atoms with van der Waals surface area (Å²) >= 11 is 0. The second-order valence-electron chi connectivity index (χ2n) is 0.763. The summed E-state index contributed by atoms with van der Waals surface area (Å²) in [6.45, 7) is 0.514. The molecule has 0 fully saturated rings. The Bertz CT molecular complexity index is 52.5. The Kier molecular flexibility index (Phi) is 26.1. The molecule has 0 atom stereocenters. The second-order valence-corrected chi connectivity index (χ2v) is 0.763. The molecule has 0 unspecified atom stereocenters. The molecule has 1 heterocycles. The molecule has 8 heavy (non-hydrogen) atoms. The van der Waals surface area contributed by atoms with Gasteiger partial charge in [0.2, 0.25) is 0 Å². The van der Waals surface area contributed by atoms with Gasteiger partial charge in [0.1, 0.15) is 0 Å². The van der Waals surface area contributed by atoms with E-state index in [0.717, 1.165) is 0 Å². The molecule has 0 saturated heterocycles. The van der Waals surface area contributed by atoms with E-state index in [9.17, 15) is 0 Å².